The van der Waals surface area contributed by atoms with Crippen LogP contribution in [0.4, 0.5) is 0 Å². The zero-order valence-electron chi connectivity index (χ0n) is 19.6. The fourth-order valence-electron chi connectivity index (χ4n) is 3.32. The second-order valence-electron chi connectivity index (χ2n) is 8.16. The monoisotopic (exact) mass is 507 g/mol. The summed E-state index contributed by atoms with van der Waals surface area (Å²) in [6, 6.07) is -4.83. The highest BCUT2D eigenvalue weighted by atomic mass is 16.4. The van der Waals surface area contributed by atoms with Crippen LogP contribution in [0.15, 0.2) is 25.0 Å². The number of carboxylic acids is 1. The van der Waals surface area contributed by atoms with Crippen molar-refractivity contribution in [3.05, 3.63) is 36.4 Å². The van der Waals surface area contributed by atoms with Gasteiger partial charge in [0.15, 0.2) is 0 Å². The van der Waals surface area contributed by atoms with E-state index < -0.39 is 54.5 Å². The molecule has 0 aliphatic carbocycles. The minimum Gasteiger partial charge on any atom is -0.480 e. The van der Waals surface area contributed by atoms with Crippen molar-refractivity contribution in [3.63, 3.8) is 0 Å². The zero-order valence-corrected chi connectivity index (χ0v) is 19.6. The van der Waals surface area contributed by atoms with Crippen molar-refractivity contribution in [2.45, 2.75) is 56.3 Å². The van der Waals surface area contributed by atoms with E-state index in [0.717, 1.165) is 0 Å². The van der Waals surface area contributed by atoms with Crippen LogP contribution in [0.1, 0.15) is 30.7 Å². The van der Waals surface area contributed by atoms with Gasteiger partial charge in [-0.25, -0.2) is 14.8 Å². The molecule has 0 aromatic carbocycles. The number of H-pyrrole nitrogens is 2. The molecule has 0 radical (unpaired) electrons. The van der Waals surface area contributed by atoms with Crippen LogP contribution in [0.3, 0.4) is 0 Å². The summed E-state index contributed by atoms with van der Waals surface area (Å²) in [4.78, 5) is 63.2. The van der Waals surface area contributed by atoms with Crippen molar-refractivity contribution in [2.24, 2.45) is 11.5 Å². The van der Waals surface area contributed by atoms with E-state index in [2.05, 4.69) is 35.9 Å². The molecule has 4 atom stereocenters. The van der Waals surface area contributed by atoms with Crippen LogP contribution in [-0.2, 0) is 32.0 Å². The molecular weight excluding hydrogens is 474 g/mol. The van der Waals surface area contributed by atoms with Gasteiger partial charge in [0.05, 0.1) is 25.3 Å². The third-order valence-electron chi connectivity index (χ3n) is 5.32. The maximum absolute atomic E-state index is 13.0. The molecule has 0 aliphatic heterocycles. The number of hydrogen-bond donors (Lipinski definition) is 9. The Hall–Kier alpha value is -3.82. The summed E-state index contributed by atoms with van der Waals surface area (Å²) in [6.07, 6.45) is 7.16. The summed E-state index contributed by atoms with van der Waals surface area (Å²) < 4.78 is 0. The fraction of sp³-hybridized carbons (Fsp3) is 0.524. The lowest BCUT2D eigenvalue weighted by Gasteiger charge is -2.24. The van der Waals surface area contributed by atoms with Crippen LogP contribution >= 0.6 is 0 Å². The Morgan fingerprint density at radius 3 is 1.94 bits per heavy atom. The average molecular weight is 508 g/mol. The first-order valence-corrected chi connectivity index (χ1v) is 11.4. The maximum Gasteiger partial charge on any atom is 0.326 e. The molecule has 198 valence electrons. The summed E-state index contributed by atoms with van der Waals surface area (Å²) in [5, 5.41) is 26.3. The standard InChI is InChI=1S/C21H33N9O6/c22-4-2-1-3-15(21(35)36)28-20(34)17(9-31)30-19(33)16(6-13-8-25-11-27-13)29-18(32)14(23)5-12-7-24-10-26-12/h7-8,10-11,14-17,31H,1-6,9,22-23H2,(H,24,26)(H,25,27)(H,28,34)(H,29,32)(H,30,33)(H,35,36). The number of aromatic nitrogens is 4. The van der Waals surface area contributed by atoms with Crippen molar-refractivity contribution < 1.29 is 29.4 Å². The molecular formula is C21H33N9O6. The predicted molar refractivity (Wildman–Crippen MR) is 126 cm³/mol. The minimum atomic E-state index is -1.45. The molecule has 2 aromatic heterocycles. The van der Waals surface area contributed by atoms with Gasteiger partial charge >= 0.3 is 5.97 Å². The van der Waals surface area contributed by atoms with Gasteiger partial charge in [0.1, 0.15) is 18.1 Å². The molecule has 0 saturated carbocycles. The number of aromatic amines is 2. The highest BCUT2D eigenvalue weighted by Gasteiger charge is 2.30. The fourth-order valence-corrected chi connectivity index (χ4v) is 3.32. The Labute approximate surface area is 206 Å². The van der Waals surface area contributed by atoms with E-state index in [1.165, 1.54) is 25.0 Å². The lowest BCUT2D eigenvalue weighted by molar-refractivity contribution is -0.142. The lowest BCUT2D eigenvalue weighted by Crippen LogP contribution is -2.58. The quantitative estimate of drug-likeness (QED) is 0.103. The van der Waals surface area contributed by atoms with E-state index in [-0.39, 0.29) is 19.3 Å². The van der Waals surface area contributed by atoms with Gasteiger partial charge in [-0.1, -0.05) is 0 Å². The van der Waals surface area contributed by atoms with Crippen LogP contribution in [0, 0.1) is 0 Å². The Morgan fingerprint density at radius 2 is 1.42 bits per heavy atom. The Bertz CT molecular complexity index is 967. The lowest BCUT2D eigenvalue weighted by atomic mass is 10.1. The number of nitrogens with one attached hydrogen (secondary N) is 5. The smallest absolute Gasteiger partial charge is 0.326 e. The van der Waals surface area contributed by atoms with E-state index in [1.807, 2.05) is 0 Å². The zero-order chi connectivity index (χ0) is 26.5. The molecule has 2 heterocycles. The minimum absolute atomic E-state index is 0.00897. The number of nitrogens with two attached hydrogens (primary N) is 2. The Morgan fingerprint density at radius 1 is 0.861 bits per heavy atom. The highest BCUT2D eigenvalue weighted by molar-refractivity contribution is 5.94. The van der Waals surface area contributed by atoms with Crippen LogP contribution in [0.25, 0.3) is 0 Å². The van der Waals surface area contributed by atoms with Gasteiger partial charge in [-0.3, -0.25) is 14.4 Å². The number of carbonyl (C=O) groups excluding carboxylic acids is 3. The SMILES string of the molecule is NCCCCC(NC(=O)C(CO)NC(=O)C(Cc1cnc[nH]1)NC(=O)C(N)Cc1cnc[nH]1)C(=O)O. The van der Waals surface area contributed by atoms with Crippen molar-refractivity contribution >= 4 is 23.7 Å². The van der Waals surface area contributed by atoms with Crippen LogP contribution in [-0.4, -0.2) is 91.2 Å². The van der Waals surface area contributed by atoms with Gasteiger partial charge in [-0.15, -0.1) is 0 Å². The third-order valence-corrected chi connectivity index (χ3v) is 5.32. The number of aliphatic hydroxyl groups excluding tert-OH is 1. The van der Waals surface area contributed by atoms with E-state index in [4.69, 9.17) is 11.5 Å². The first-order valence-electron chi connectivity index (χ1n) is 11.4. The van der Waals surface area contributed by atoms with Crippen molar-refractivity contribution in [1.82, 2.24) is 35.9 Å². The highest BCUT2D eigenvalue weighted by Crippen LogP contribution is 2.04. The first kappa shape index (κ1) is 28.4. The topological polar surface area (TPSA) is 254 Å². The molecule has 0 saturated heterocycles. The normalized spacial score (nSPS) is 14.3. The largest absolute Gasteiger partial charge is 0.480 e. The third kappa shape index (κ3) is 9.09. The number of imidazole rings is 2. The molecule has 15 heteroatoms. The Kier molecular flexibility index (Phi) is 11.5. The number of unbranched alkanes of at least 4 members (excludes halogenated alkanes) is 1. The molecule has 0 bridgehead atoms. The van der Waals surface area contributed by atoms with Gasteiger partial charge in [-0.2, -0.15) is 0 Å². The number of nitrogens with zero attached hydrogens (tertiary/aromatic N) is 2. The second kappa shape index (κ2) is 14.6. The van der Waals surface area contributed by atoms with Gasteiger partial charge in [0.2, 0.25) is 17.7 Å². The van der Waals surface area contributed by atoms with E-state index in [0.29, 0.717) is 30.8 Å². The molecule has 11 N–H and O–H groups in total. The molecule has 15 nitrogen and oxygen atoms in total. The van der Waals surface area contributed by atoms with E-state index >= 15 is 0 Å². The summed E-state index contributed by atoms with van der Waals surface area (Å²) in [7, 11) is 0. The van der Waals surface area contributed by atoms with Crippen LogP contribution in [0.5, 0.6) is 0 Å². The van der Waals surface area contributed by atoms with Crippen molar-refractivity contribution in [2.75, 3.05) is 13.2 Å². The predicted octanol–water partition coefficient (Wildman–Crippen LogP) is -3.09. The van der Waals surface area contributed by atoms with Crippen LogP contribution < -0.4 is 27.4 Å². The molecule has 2 aromatic rings. The number of amides is 3. The molecule has 3 amide bonds. The summed E-state index contributed by atoms with van der Waals surface area (Å²) in [5.41, 5.74) is 12.5. The number of hydrogen-bond acceptors (Lipinski definition) is 9. The van der Waals surface area contributed by atoms with Gasteiger partial charge in [0.25, 0.3) is 0 Å². The van der Waals surface area contributed by atoms with Crippen LogP contribution in [0.2, 0.25) is 0 Å². The number of aliphatic carboxylic acids is 1. The molecule has 2 rings (SSSR count). The van der Waals surface area contributed by atoms with Crippen molar-refractivity contribution in [1.29, 1.82) is 0 Å². The van der Waals surface area contributed by atoms with Gasteiger partial charge in [0, 0.05) is 36.6 Å². The first-order chi connectivity index (χ1) is 17.2. The summed E-state index contributed by atoms with van der Waals surface area (Å²) in [5.74, 6) is -3.54. The van der Waals surface area contributed by atoms with Gasteiger partial charge < -0.3 is 47.6 Å². The second-order valence-corrected chi connectivity index (χ2v) is 8.16. The summed E-state index contributed by atoms with van der Waals surface area (Å²) in [6.45, 7) is -0.415. The number of aliphatic hydroxyl groups is 1. The maximum atomic E-state index is 13.0. The van der Waals surface area contributed by atoms with E-state index in [1.54, 1.807) is 0 Å². The molecule has 36 heavy (non-hydrogen) atoms. The molecule has 0 spiro atoms. The number of carbonyl (C=O) groups is 4. The molecule has 0 aliphatic rings. The Balaban J connectivity index is 2.05. The number of carboxylic acid groups (broad SMARTS) is 1. The summed E-state index contributed by atoms with van der Waals surface area (Å²) >= 11 is 0. The molecule has 0 fully saturated rings. The van der Waals surface area contributed by atoms with E-state index in [9.17, 15) is 29.4 Å². The number of rotatable bonds is 16. The molecule has 4 unspecified atom stereocenters. The van der Waals surface area contributed by atoms with Gasteiger partial charge in [-0.05, 0) is 25.8 Å². The van der Waals surface area contributed by atoms with Crippen molar-refractivity contribution in [3.8, 4) is 0 Å². The average Bonchev–Trinajstić information content (AvgIpc) is 3.55.